The predicted octanol–water partition coefficient (Wildman–Crippen LogP) is 2.44. The van der Waals surface area contributed by atoms with Crippen molar-refractivity contribution in [2.75, 3.05) is 7.11 Å². The van der Waals surface area contributed by atoms with Crippen molar-refractivity contribution >= 4 is 11.6 Å². The molecule has 19 heavy (non-hydrogen) atoms. The maximum Gasteiger partial charge on any atom is 0.142 e. The minimum absolute atomic E-state index is 0.0625. The number of ether oxygens (including phenoxy) is 1. The van der Waals surface area contributed by atoms with Gasteiger partial charge in [0.25, 0.3) is 0 Å². The van der Waals surface area contributed by atoms with Crippen LogP contribution >= 0.6 is 11.6 Å². The van der Waals surface area contributed by atoms with E-state index in [1.54, 1.807) is 24.4 Å². The van der Waals surface area contributed by atoms with Crippen molar-refractivity contribution in [1.82, 2.24) is 10.4 Å². The SMILES string of the molecule is COc1cccnc1C(NN)c1ccc(Cl)c(F)c1. The van der Waals surface area contributed by atoms with E-state index in [1.165, 1.54) is 19.2 Å². The van der Waals surface area contributed by atoms with Crippen LogP contribution in [0.3, 0.4) is 0 Å². The minimum Gasteiger partial charge on any atom is -0.495 e. The molecule has 2 aromatic rings. The van der Waals surface area contributed by atoms with E-state index < -0.39 is 11.9 Å². The van der Waals surface area contributed by atoms with Gasteiger partial charge >= 0.3 is 0 Å². The molecule has 0 saturated carbocycles. The van der Waals surface area contributed by atoms with Crippen LogP contribution in [-0.4, -0.2) is 12.1 Å². The fourth-order valence-electron chi connectivity index (χ4n) is 1.82. The van der Waals surface area contributed by atoms with E-state index in [2.05, 4.69) is 10.4 Å². The Bertz CT molecular complexity index is 580. The van der Waals surface area contributed by atoms with Gasteiger partial charge < -0.3 is 4.74 Å². The number of nitrogens with one attached hydrogen (secondary N) is 1. The maximum atomic E-state index is 13.5. The summed E-state index contributed by atoms with van der Waals surface area (Å²) in [6, 6.07) is 7.51. The second-order valence-electron chi connectivity index (χ2n) is 3.86. The van der Waals surface area contributed by atoms with Crippen LogP contribution in [-0.2, 0) is 0 Å². The zero-order valence-corrected chi connectivity index (χ0v) is 11.0. The van der Waals surface area contributed by atoms with Crippen LogP contribution in [0.1, 0.15) is 17.3 Å². The van der Waals surface area contributed by atoms with Crippen LogP contribution < -0.4 is 16.0 Å². The first-order chi connectivity index (χ1) is 9.17. The Morgan fingerprint density at radius 1 is 1.42 bits per heavy atom. The van der Waals surface area contributed by atoms with Crippen molar-refractivity contribution in [3.05, 3.63) is 58.6 Å². The Hall–Kier alpha value is -1.69. The van der Waals surface area contributed by atoms with E-state index in [0.29, 0.717) is 17.0 Å². The molecule has 0 aliphatic heterocycles. The Kier molecular flexibility index (Phi) is 4.31. The number of methoxy groups -OCH3 is 1. The average Bonchev–Trinajstić information content (AvgIpc) is 2.44. The third kappa shape index (κ3) is 2.84. The third-order valence-corrected chi connectivity index (χ3v) is 3.04. The van der Waals surface area contributed by atoms with Gasteiger partial charge in [-0.25, -0.2) is 9.82 Å². The number of hydrogen-bond donors (Lipinski definition) is 2. The van der Waals surface area contributed by atoms with Gasteiger partial charge in [-0.2, -0.15) is 0 Å². The van der Waals surface area contributed by atoms with Gasteiger partial charge in [0, 0.05) is 6.20 Å². The van der Waals surface area contributed by atoms with Crippen LogP contribution in [0.5, 0.6) is 5.75 Å². The molecule has 1 heterocycles. The fraction of sp³-hybridized carbons (Fsp3) is 0.154. The standard InChI is InChI=1S/C13H13ClFN3O/c1-19-11-3-2-6-17-13(11)12(18-16)8-4-5-9(14)10(15)7-8/h2-7,12,18H,16H2,1H3. The summed E-state index contributed by atoms with van der Waals surface area (Å²) in [5.41, 5.74) is 3.79. The van der Waals surface area contributed by atoms with Crippen LogP contribution in [0.2, 0.25) is 5.02 Å². The first-order valence-electron chi connectivity index (χ1n) is 5.57. The molecule has 1 aromatic carbocycles. The molecule has 100 valence electrons. The fourth-order valence-corrected chi connectivity index (χ4v) is 1.93. The molecule has 1 atom stereocenters. The summed E-state index contributed by atoms with van der Waals surface area (Å²) in [6.45, 7) is 0. The van der Waals surface area contributed by atoms with Crippen LogP contribution in [0.25, 0.3) is 0 Å². The second-order valence-corrected chi connectivity index (χ2v) is 4.27. The van der Waals surface area contributed by atoms with Crippen molar-refractivity contribution in [2.24, 2.45) is 5.84 Å². The quantitative estimate of drug-likeness (QED) is 0.667. The smallest absolute Gasteiger partial charge is 0.142 e. The van der Waals surface area contributed by atoms with Crippen molar-refractivity contribution in [3.63, 3.8) is 0 Å². The molecule has 4 nitrogen and oxygen atoms in total. The van der Waals surface area contributed by atoms with Gasteiger partial charge in [-0.05, 0) is 29.8 Å². The lowest BCUT2D eigenvalue weighted by atomic mass is 10.0. The number of aromatic nitrogens is 1. The topological polar surface area (TPSA) is 60.2 Å². The summed E-state index contributed by atoms with van der Waals surface area (Å²) in [7, 11) is 1.54. The Morgan fingerprint density at radius 2 is 2.21 bits per heavy atom. The highest BCUT2D eigenvalue weighted by molar-refractivity contribution is 6.30. The highest BCUT2D eigenvalue weighted by atomic mass is 35.5. The van der Waals surface area contributed by atoms with Gasteiger partial charge in [0.05, 0.1) is 18.2 Å². The molecule has 6 heteroatoms. The molecule has 1 aromatic heterocycles. The third-order valence-electron chi connectivity index (χ3n) is 2.74. The molecule has 0 amide bonds. The largest absolute Gasteiger partial charge is 0.495 e. The van der Waals surface area contributed by atoms with Gasteiger partial charge in [-0.1, -0.05) is 17.7 Å². The number of halogens is 2. The highest BCUT2D eigenvalue weighted by Crippen LogP contribution is 2.29. The van der Waals surface area contributed by atoms with E-state index in [4.69, 9.17) is 22.2 Å². The lowest BCUT2D eigenvalue weighted by Crippen LogP contribution is -2.30. The van der Waals surface area contributed by atoms with Crippen LogP contribution in [0.4, 0.5) is 4.39 Å². The molecule has 0 aliphatic carbocycles. The minimum atomic E-state index is -0.505. The molecular weight excluding hydrogens is 269 g/mol. The van der Waals surface area contributed by atoms with Crippen molar-refractivity contribution < 1.29 is 9.13 Å². The summed E-state index contributed by atoms with van der Waals surface area (Å²) < 4.78 is 18.7. The summed E-state index contributed by atoms with van der Waals surface area (Å²) in [4.78, 5) is 4.23. The van der Waals surface area contributed by atoms with E-state index in [9.17, 15) is 4.39 Å². The summed E-state index contributed by atoms with van der Waals surface area (Å²) in [5.74, 6) is 5.61. The van der Waals surface area contributed by atoms with Gasteiger partial charge in [-0.15, -0.1) is 0 Å². The number of benzene rings is 1. The number of hydrogen-bond acceptors (Lipinski definition) is 4. The Balaban J connectivity index is 2.46. The number of rotatable bonds is 4. The first-order valence-corrected chi connectivity index (χ1v) is 5.95. The monoisotopic (exact) mass is 281 g/mol. The lowest BCUT2D eigenvalue weighted by Gasteiger charge is -2.18. The zero-order valence-electron chi connectivity index (χ0n) is 10.2. The second kappa shape index (κ2) is 5.97. The van der Waals surface area contributed by atoms with Gasteiger partial charge in [0.2, 0.25) is 0 Å². The molecule has 0 fully saturated rings. The zero-order chi connectivity index (χ0) is 13.8. The first kappa shape index (κ1) is 13.7. The van der Waals surface area contributed by atoms with E-state index >= 15 is 0 Å². The molecule has 0 aliphatic rings. The molecule has 0 bridgehead atoms. The van der Waals surface area contributed by atoms with E-state index in [0.717, 1.165) is 0 Å². The van der Waals surface area contributed by atoms with Crippen LogP contribution in [0, 0.1) is 5.82 Å². The van der Waals surface area contributed by atoms with Gasteiger partial charge in [-0.3, -0.25) is 10.8 Å². The number of nitrogens with two attached hydrogens (primary N) is 1. The maximum absolute atomic E-state index is 13.5. The molecule has 0 radical (unpaired) electrons. The predicted molar refractivity (Wildman–Crippen MR) is 71.4 cm³/mol. The summed E-state index contributed by atoms with van der Waals surface area (Å²) in [5, 5.41) is 0.0625. The van der Waals surface area contributed by atoms with Crippen LogP contribution in [0.15, 0.2) is 36.5 Å². The van der Waals surface area contributed by atoms with E-state index in [1.807, 2.05) is 0 Å². The molecule has 2 rings (SSSR count). The molecular formula is C13H13ClFN3O. The van der Waals surface area contributed by atoms with Crippen molar-refractivity contribution in [1.29, 1.82) is 0 Å². The number of nitrogens with zero attached hydrogens (tertiary/aromatic N) is 1. The molecule has 0 saturated heterocycles. The lowest BCUT2D eigenvalue weighted by molar-refractivity contribution is 0.400. The molecule has 0 spiro atoms. The Labute approximate surface area is 115 Å². The number of pyridine rings is 1. The molecule has 3 N–H and O–H groups in total. The number of hydrazine groups is 1. The van der Waals surface area contributed by atoms with Crippen molar-refractivity contribution in [3.8, 4) is 5.75 Å². The van der Waals surface area contributed by atoms with Gasteiger partial charge in [0.15, 0.2) is 0 Å². The van der Waals surface area contributed by atoms with Crippen molar-refractivity contribution in [2.45, 2.75) is 6.04 Å². The summed E-state index contributed by atoms with van der Waals surface area (Å²) in [6.07, 6.45) is 1.62. The summed E-state index contributed by atoms with van der Waals surface area (Å²) >= 11 is 5.67. The average molecular weight is 282 g/mol. The van der Waals surface area contributed by atoms with Gasteiger partial charge in [0.1, 0.15) is 17.3 Å². The van der Waals surface area contributed by atoms with E-state index in [-0.39, 0.29) is 5.02 Å². The normalized spacial score (nSPS) is 12.2. The highest BCUT2D eigenvalue weighted by Gasteiger charge is 2.19. The Morgan fingerprint density at radius 3 is 2.84 bits per heavy atom. The molecule has 1 unspecified atom stereocenters.